The molecule has 2 heterocycles. The number of carbonyl (C=O) groups is 1. The van der Waals surface area contributed by atoms with Gasteiger partial charge in [0.2, 0.25) is 5.91 Å². The lowest BCUT2D eigenvalue weighted by molar-refractivity contribution is -0.131. The van der Waals surface area contributed by atoms with E-state index < -0.39 is 0 Å². The van der Waals surface area contributed by atoms with Gasteiger partial charge in [0.15, 0.2) is 0 Å². The molecule has 1 N–H and O–H groups in total. The summed E-state index contributed by atoms with van der Waals surface area (Å²) in [6.45, 7) is 1.67. The second kappa shape index (κ2) is 7.09. The molecule has 1 aliphatic rings. The Labute approximate surface area is 139 Å². The van der Waals surface area contributed by atoms with Gasteiger partial charge in [-0.05, 0) is 30.5 Å². The number of aliphatic hydroxyl groups is 1. The quantitative estimate of drug-likeness (QED) is 0.864. The van der Waals surface area contributed by atoms with E-state index in [1.165, 1.54) is 18.5 Å². The van der Waals surface area contributed by atoms with Gasteiger partial charge in [-0.25, -0.2) is 9.37 Å². The molecule has 1 atom stereocenters. The highest BCUT2D eigenvalue weighted by Gasteiger charge is 2.39. The van der Waals surface area contributed by atoms with E-state index in [9.17, 15) is 14.3 Å². The van der Waals surface area contributed by atoms with Gasteiger partial charge in [0.05, 0.1) is 13.2 Å². The fourth-order valence-electron chi connectivity index (χ4n) is 3.23. The lowest BCUT2D eigenvalue weighted by Gasteiger charge is -2.27. The fraction of sp³-hybridized carbons (Fsp3) is 0.471. The zero-order chi connectivity index (χ0) is 17.0. The lowest BCUT2D eigenvalue weighted by atomic mass is 9.81. The minimum Gasteiger partial charge on any atom is -0.396 e. The SMILES string of the molecule is O=C(CCn1cncn1)N1CCC(CO)(Cc2ccc(F)cc2)C1. The minimum atomic E-state index is -0.346. The van der Waals surface area contributed by atoms with E-state index in [0.29, 0.717) is 32.5 Å². The number of nitrogens with zero attached hydrogens (tertiary/aromatic N) is 4. The third-order valence-electron chi connectivity index (χ3n) is 4.64. The fourth-order valence-corrected chi connectivity index (χ4v) is 3.23. The number of amides is 1. The van der Waals surface area contributed by atoms with Gasteiger partial charge in [-0.15, -0.1) is 0 Å². The van der Waals surface area contributed by atoms with Crippen molar-refractivity contribution >= 4 is 5.91 Å². The summed E-state index contributed by atoms with van der Waals surface area (Å²) in [5.74, 6) is -0.215. The molecule has 128 valence electrons. The number of hydrogen-bond acceptors (Lipinski definition) is 4. The van der Waals surface area contributed by atoms with Crippen molar-refractivity contribution in [2.24, 2.45) is 5.41 Å². The first-order valence-corrected chi connectivity index (χ1v) is 8.06. The van der Waals surface area contributed by atoms with E-state index >= 15 is 0 Å². The monoisotopic (exact) mass is 332 g/mol. The third kappa shape index (κ3) is 3.79. The Kier molecular flexibility index (Phi) is 4.89. The number of benzene rings is 1. The Balaban J connectivity index is 1.58. The van der Waals surface area contributed by atoms with Gasteiger partial charge < -0.3 is 10.0 Å². The summed E-state index contributed by atoms with van der Waals surface area (Å²) in [5, 5.41) is 13.9. The number of aryl methyl sites for hydroxylation is 1. The van der Waals surface area contributed by atoms with Crippen molar-refractivity contribution in [2.75, 3.05) is 19.7 Å². The zero-order valence-corrected chi connectivity index (χ0v) is 13.4. The summed E-state index contributed by atoms with van der Waals surface area (Å²) in [6.07, 6.45) is 4.78. The van der Waals surface area contributed by atoms with Gasteiger partial charge in [0, 0.05) is 24.9 Å². The summed E-state index contributed by atoms with van der Waals surface area (Å²) in [6, 6.07) is 6.33. The van der Waals surface area contributed by atoms with E-state index in [4.69, 9.17) is 0 Å². The number of carbonyl (C=O) groups excluding carboxylic acids is 1. The average Bonchev–Trinajstić information content (AvgIpc) is 3.25. The first kappa shape index (κ1) is 16.6. The number of rotatable bonds is 6. The normalized spacial score (nSPS) is 20.5. The summed E-state index contributed by atoms with van der Waals surface area (Å²) >= 11 is 0. The van der Waals surface area contributed by atoms with Crippen LogP contribution >= 0.6 is 0 Å². The Hall–Kier alpha value is -2.28. The highest BCUT2D eigenvalue weighted by atomic mass is 19.1. The zero-order valence-electron chi connectivity index (χ0n) is 13.4. The van der Waals surface area contributed by atoms with Crippen LogP contribution in [0.2, 0.25) is 0 Å². The van der Waals surface area contributed by atoms with Crippen LogP contribution in [0.4, 0.5) is 4.39 Å². The summed E-state index contributed by atoms with van der Waals surface area (Å²) in [4.78, 5) is 18.0. The molecule has 3 rings (SSSR count). The number of likely N-dealkylation sites (tertiary alicyclic amines) is 1. The van der Waals surface area contributed by atoms with E-state index in [1.54, 1.807) is 28.0 Å². The van der Waals surface area contributed by atoms with Crippen LogP contribution < -0.4 is 0 Å². The van der Waals surface area contributed by atoms with Gasteiger partial charge in [-0.1, -0.05) is 12.1 Å². The smallest absolute Gasteiger partial charge is 0.224 e. The van der Waals surface area contributed by atoms with Crippen LogP contribution in [-0.2, 0) is 17.8 Å². The van der Waals surface area contributed by atoms with Gasteiger partial charge in [0.1, 0.15) is 18.5 Å². The molecule has 2 aromatic rings. The number of aliphatic hydroxyl groups excluding tert-OH is 1. The molecule has 1 fully saturated rings. The molecular formula is C17H21FN4O2. The Morgan fingerprint density at radius 3 is 2.79 bits per heavy atom. The van der Waals surface area contributed by atoms with Crippen molar-refractivity contribution in [1.29, 1.82) is 0 Å². The van der Waals surface area contributed by atoms with Gasteiger partial charge in [-0.3, -0.25) is 9.48 Å². The highest BCUT2D eigenvalue weighted by Crippen LogP contribution is 2.34. The van der Waals surface area contributed by atoms with E-state index in [2.05, 4.69) is 10.1 Å². The Bertz CT molecular complexity index is 674. The van der Waals surface area contributed by atoms with Crippen LogP contribution in [0.5, 0.6) is 0 Å². The van der Waals surface area contributed by atoms with Crippen LogP contribution in [0.3, 0.4) is 0 Å². The molecule has 1 amide bonds. The van der Waals surface area contributed by atoms with Crippen molar-refractivity contribution < 1.29 is 14.3 Å². The van der Waals surface area contributed by atoms with Gasteiger partial charge in [-0.2, -0.15) is 5.10 Å². The molecule has 0 spiro atoms. The molecule has 7 heteroatoms. The van der Waals surface area contributed by atoms with Crippen LogP contribution in [0.25, 0.3) is 0 Å². The minimum absolute atomic E-state index is 0.0111. The standard InChI is InChI=1S/C17H21FN4O2/c18-15-3-1-14(2-4-15)9-17(11-23)6-8-21(10-17)16(24)5-7-22-13-19-12-20-22/h1-4,12-13,23H,5-11H2. The molecule has 24 heavy (non-hydrogen) atoms. The molecular weight excluding hydrogens is 311 g/mol. The first-order chi connectivity index (χ1) is 11.6. The molecule has 1 aromatic heterocycles. The summed E-state index contributed by atoms with van der Waals surface area (Å²) in [7, 11) is 0. The molecule has 0 bridgehead atoms. The molecule has 0 aliphatic carbocycles. The van der Waals surface area contributed by atoms with Crippen LogP contribution in [-0.4, -0.2) is 50.4 Å². The van der Waals surface area contributed by atoms with Crippen molar-refractivity contribution in [1.82, 2.24) is 19.7 Å². The Morgan fingerprint density at radius 1 is 1.33 bits per heavy atom. The number of halogens is 1. The molecule has 0 saturated carbocycles. The van der Waals surface area contributed by atoms with Crippen molar-refractivity contribution in [3.8, 4) is 0 Å². The molecule has 1 aliphatic heterocycles. The summed E-state index contributed by atoms with van der Waals surface area (Å²) < 4.78 is 14.7. The van der Waals surface area contributed by atoms with E-state index in [1.807, 2.05) is 0 Å². The summed E-state index contributed by atoms with van der Waals surface area (Å²) in [5.41, 5.74) is 0.628. The maximum Gasteiger partial charge on any atom is 0.224 e. The average molecular weight is 332 g/mol. The highest BCUT2D eigenvalue weighted by molar-refractivity contribution is 5.76. The predicted octanol–water partition coefficient (Wildman–Crippen LogP) is 1.26. The van der Waals surface area contributed by atoms with Crippen molar-refractivity contribution in [3.63, 3.8) is 0 Å². The predicted molar refractivity (Wildman–Crippen MR) is 85.5 cm³/mol. The van der Waals surface area contributed by atoms with Gasteiger partial charge >= 0.3 is 0 Å². The van der Waals surface area contributed by atoms with Crippen LogP contribution in [0.15, 0.2) is 36.9 Å². The second-order valence-corrected chi connectivity index (χ2v) is 6.44. The third-order valence-corrected chi connectivity index (χ3v) is 4.64. The number of hydrogen-bond donors (Lipinski definition) is 1. The molecule has 1 aromatic carbocycles. The lowest BCUT2D eigenvalue weighted by Crippen LogP contribution is -2.35. The van der Waals surface area contributed by atoms with Crippen LogP contribution in [0, 0.1) is 11.2 Å². The van der Waals surface area contributed by atoms with Crippen molar-refractivity contribution in [2.45, 2.75) is 25.8 Å². The molecule has 0 radical (unpaired) electrons. The maximum atomic E-state index is 13.0. The van der Waals surface area contributed by atoms with E-state index in [-0.39, 0.29) is 23.7 Å². The number of aromatic nitrogens is 3. The van der Waals surface area contributed by atoms with Gasteiger partial charge in [0.25, 0.3) is 0 Å². The van der Waals surface area contributed by atoms with Crippen molar-refractivity contribution in [3.05, 3.63) is 48.3 Å². The van der Waals surface area contributed by atoms with Crippen LogP contribution in [0.1, 0.15) is 18.4 Å². The first-order valence-electron chi connectivity index (χ1n) is 8.06. The molecule has 6 nitrogen and oxygen atoms in total. The largest absolute Gasteiger partial charge is 0.396 e. The Morgan fingerprint density at radius 2 is 2.12 bits per heavy atom. The van der Waals surface area contributed by atoms with E-state index in [0.717, 1.165) is 12.0 Å². The molecule has 1 unspecified atom stereocenters. The maximum absolute atomic E-state index is 13.0. The topological polar surface area (TPSA) is 71.2 Å². The molecule has 1 saturated heterocycles. The second-order valence-electron chi connectivity index (χ2n) is 6.44.